The topological polar surface area (TPSA) is 93.0 Å². The Hall–Kier alpha value is -1.57. The van der Waals surface area contributed by atoms with Gasteiger partial charge in [0.15, 0.2) is 0 Å². The first-order chi connectivity index (χ1) is 9.51. The van der Waals surface area contributed by atoms with Crippen LogP contribution < -0.4 is 10.6 Å². The third-order valence-corrected chi connectivity index (χ3v) is 5.08. The zero-order valence-electron chi connectivity index (χ0n) is 12.3. The van der Waals surface area contributed by atoms with Gasteiger partial charge in [-0.1, -0.05) is 13.8 Å². The Morgan fingerprint density at radius 2 is 2.10 bits per heavy atom. The van der Waals surface area contributed by atoms with Crippen LogP contribution in [-0.2, 0) is 0 Å². The summed E-state index contributed by atoms with van der Waals surface area (Å²) in [7, 11) is 1.68. The highest BCUT2D eigenvalue weighted by molar-refractivity contribution is 8.00. The fraction of sp³-hybridized carbons (Fsp3) is 0.667. The van der Waals surface area contributed by atoms with Gasteiger partial charge in [-0.05, 0) is 19.1 Å². The van der Waals surface area contributed by atoms with Crippen molar-refractivity contribution >= 4 is 29.2 Å². The average molecular weight is 299 g/mol. The molecule has 1 aromatic heterocycles. The minimum Gasteiger partial charge on any atom is -0.363 e. The van der Waals surface area contributed by atoms with Gasteiger partial charge >= 0.3 is 5.69 Å². The number of anilines is 2. The van der Waals surface area contributed by atoms with Gasteiger partial charge in [0, 0.05) is 18.3 Å². The number of aromatic nitrogens is 2. The van der Waals surface area contributed by atoms with Gasteiger partial charge in [-0.15, -0.1) is 0 Å². The van der Waals surface area contributed by atoms with Crippen molar-refractivity contribution < 1.29 is 4.92 Å². The smallest absolute Gasteiger partial charge is 0.329 e. The molecule has 1 heterocycles. The molecule has 20 heavy (non-hydrogen) atoms. The predicted molar refractivity (Wildman–Crippen MR) is 83.6 cm³/mol. The molecular formula is C12H21N5O2S. The summed E-state index contributed by atoms with van der Waals surface area (Å²) in [6.45, 7) is 4.87. The summed E-state index contributed by atoms with van der Waals surface area (Å²) in [5, 5.41) is 16.9. The van der Waals surface area contributed by atoms with Crippen LogP contribution in [-0.4, -0.2) is 39.5 Å². The molecule has 0 aliphatic carbocycles. The second-order valence-electron chi connectivity index (χ2n) is 4.38. The van der Waals surface area contributed by atoms with Crippen LogP contribution in [0.2, 0.25) is 0 Å². The van der Waals surface area contributed by atoms with Crippen molar-refractivity contribution in [2.45, 2.75) is 31.4 Å². The van der Waals surface area contributed by atoms with E-state index in [0.29, 0.717) is 12.5 Å². The third-order valence-electron chi connectivity index (χ3n) is 3.49. The van der Waals surface area contributed by atoms with Gasteiger partial charge in [0.05, 0.1) is 4.92 Å². The summed E-state index contributed by atoms with van der Waals surface area (Å²) < 4.78 is 0.0542. The first kappa shape index (κ1) is 16.5. The molecule has 0 atom stereocenters. The summed E-state index contributed by atoms with van der Waals surface area (Å²) in [6, 6.07) is 0. The quantitative estimate of drug-likeness (QED) is 0.563. The number of nitro groups is 1. The molecule has 0 radical (unpaired) electrons. The Labute approximate surface area is 123 Å². The van der Waals surface area contributed by atoms with Crippen LogP contribution in [0.5, 0.6) is 0 Å². The zero-order valence-corrected chi connectivity index (χ0v) is 13.1. The molecule has 0 aliphatic rings. The van der Waals surface area contributed by atoms with E-state index < -0.39 is 4.92 Å². The molecule has 0 fully saturated rings. The second-order valence-corrected chi connectivity index (χ2v) is 5.66. The predicted octanol–water partition coefficient (Wildman–Crippen LogP) is 2.76. The van der Waals surface area contributed by atoms with Gasteiger partial charge in [-0.2, -0.15) is 16.7 Å². The van der Waals surface area contributed by atoms with E-state index in [1.807, 2.05) is 0 Å². The van der Waals surface area contributed by atoms with Crippen molar-refractivity contribution in [3.05, 3.63) is 16.3 Å². The van der Waals surface area contributed by atoms with E-state index in [4.69, 9.17) is 0 Å². The SMILES string of the molecule is CCC(CC)(CNc1nc(NC)ncc1[N+](=O)[O-])SC. The van der Waals surface area contributed by atoms with Gasteiger partial charge in [0.2, 0.25) is 11.8 Å². The normalized spacial score (nSPS) is 11.2. The highest BCUT2D eigenvalue weighted by Gasteiger charge is 2.26. The Morgan fingerprint density at radius 1 is 1.45 bits per heavy atom. The van der Waals surface area contributed by atoms with Crippen LogP contribution in [0.15, 0.2) is 6.20 Å². The van der Waals surface area contributed by atoms with Crippen molar-refractivity contribution in [2.75, 3.05) is 30.5 Å². The highest BCUT2D eigenvalue weighted by Crippen LogP contribution is 2.31. The third kappa shape index (κ3) is 3.72. The van der Waals surface area contributed by atoms with Crippen LogP contribution in [0.4, 0.5) is 17.5 Å². The molecular weight excluding hydrogens is 278 g/mol. The Bertz CT molecular complexity index is 457. The maximum absolute atomic E-state index is 11.0. The zero-order chi connectivity index (χ0) is 15.2. The van der Waals surface area contributed by atoms with Gasteiger partial charge in [0.25, 0.3) is 0 Å². The molecule has 0 spiro atoms. The number of hydrogen-bond acceptors (Lipinski definition) is 7. The molecule has 0 saturated heterocycles. The summed E-state index contributed by atoms with van der Waals surface area (Å²) >= 11 is 1.77. The fourth-order valence-electron chi connectivity index (χ4n) is 1.87. The number of hydrogen-bond donors (Lipinski definition) is 2. The average Bonchev–Trinajstić information content (AvgIpc) is 2.48. The molecule has 0 amide bonds. The molecule has 0 aromatic carbocycles. The second kappa shape index (κ2) is 7.28. The minimum atomic E-state index is -0.472. The lowest BCUT2D eigenvalue weighted by atomic mass is 10.0. The molecule has 8 heteroatoms. The molecule has 112 valence electrons. The van der Waals surface area contributed by atoms with Gasteiger partial charge in [0.1, 0.15) is 6.20 Å². The van der Waals surface area contributed by atoms with E-state index in [9.17, 15) is 10.1 Å². The molecule has 1 aromatic rings. The van der Waals surface area contributed by atoms with Crippen LogP contribution in [0, 0.1) is 10.1 Å². The minimum absolute atomic E-state index is 0.0542. The van der Waals surface area contributed by atoms with Crippen molar-refractivity contribution in [1.29, 1.82) is 0 Å². The van der Waals surface area contributed by atoms with Gasteiger partial charge in [-0.25, -0.2) is 4.98 Å². The lowest BCUT2D eigenvalue weighted by molar-refractivity contribution is -0.384. The van der Waals surface area contributed by atoms with E-state index in [2.05, 4.69) is 40.7 Å². The van der Waals surface area contributed by atoms with E-state index >= 15 is 0 Å². The Kier molecular flexibility index (Phi) is 6.00. The standard InChI is InChI=1S/C12H21N5O2S/c1-5-12(6-2,20-4)8-15-10-9(17(18)19)7-14-11(13-3)16-10/h7H,5-6,8H2,1-4H3,(H2,13,14,15,16). The largest absolute Gasteiger partial charge is 0.363 e. The summed E-state index contributed by atoms with van der Waals surface area (Å²) in [4.78, 5) is 18.6. The fourth-order valence-corrected chi connectivity index (χ4v) is 2.66. The molecule has 2 N–H and O–H groups in total. The number of nitrogens with zero attached hydrogens (tertiary/aromatic N) is 3. The van der Waals surface area contributed by atoms with E-state index in [1.54, 1.807) is 18.8 Å². The van der Waals surface area contributed by atoms with E-state index in [-0.39, 0.29) is 16.3 Å². The van der Waals surface area contributed by atoms with Crippen molar-refractivity contribution in [3.63, 3.8) is 0 Å². The number of rotatable bonds is 8. The van der Waals surface area contributed by atoms with Crippen molar-refractivity contribution in [3.8, 4) is 0 Å². The van der Waals surface area contributed by atoms with Crippen molar-refractivity contribution in [2.24, 2.45) is 0 Å². The molecule has 7 nitrogen and oxygen atoms in total. The van der Waals surface area contributed by atoms with Crippen LogP contribution >= 0.6 is 11.8 Å². The number of nitrogens with one attached hydrogen (secondary N) is 2. The first-order valence-electron chi connectivity index (χ1n) is 6.50. The first-order valence-corrected chi connectivity index (χ1v) is 7.72. The van der Waals surface area contributed by atoms with Gasteiger partial charge < -0.3 is 10.6 Å². The molecule has 0 unspecified atom stereocenters. The summed E-state index contributed by atoms with van der Waals surface area (Å²) in [6.07, 6.45) is 5.24. The van der Waals surface area contributed by atoms with Crippen LogP contribution in [0.1, 0.15) is 26.7 Å². The van der Waals surface area contributed by atoms with Crippen LogP contribution in [0.3, 0.4) is 0 Å². The van der Waals surface area contributed by atoms with Gasteiger partial charge in [-0.3, -0.25) is 10.1 Å². The van der Waals surface area contributed by atoms with E-state index in [0.717, 1.165) is 12.8 Å². The molecule has 0 aliphatic heterocycles. The maximum atomic E-state index is 11.0. The summed E-state index contributed by atoms with van der Waals surface area (Å²) in [5.74, 6) is 0.621. The summed E-state index contributed by atoms with van der Waals surface area (Å²) in [5.41, 5.74) is -0.105. The van der Waals surface area contributed by atoms with Crippen molar-refractivity contribution in [1.82, 2.24) is 9.97 Å². The molecule has 0 saturated carbocycles. The van der Waals surface area contributed by atoms with E-state index in [1.165, 1.54) is 6.20 Å². The lowest BCUT2D eigenvalue weighted by Gasteiger charge is -2.29. The Morgan fingerprint density at radius 3 is 2.55 bits per heavy atom. The monoisotopic (exact) mass is 299 g/mol. The molecule has 0 bridgehead atoms. The maximum Gasteiger partial charge on any atom is 0.329 e. The molecule has 1 rings (SSSR count). The van der Waals surface area contributed by atoms with Crippen LogP contribution in [0.25, 0.3) is 0 Å². The Balaban J connectivity index is 2.98. The lowest BCUT2D eigenvalue weighted by Crippen LogP contribution is -2.32. The highest BCUT2D eigenvalue weighted by atomic mass is 32.2. The number of thioether (sulfide) groups is 1.